The van der Waals surface area contributed by atoms with Crippen LogP contribution < -0.4 is 10.1 Å². The molecule has 0 unspecified atom stereocenters. The number of halogens is 1. The van der Waals surface area contributed by atoms with Gasteiger partial charge in [0.1, 0.15) is 11.5 Å². The monoisotopic (exact) mass is 306 g/mol. The van der Waals surface area contributed by atoms with Gasteiger partial charge in [-0.25, -0.2) is 4.98 Å². The zero-order chi connectivity index (χ0) is 14.8. The van der Waals surface area contributed by atoms with Crippen LogP contribution in [0.1, 0.15) is 40.7 Å². The quantitative estimate of drug-likeness (QED) is 0.924. The summed E-state index contributed by atoms with van der Waals surface area (Å²) in [5.41, 5.74) is 1.25. The number of nitrogens with one attached hydrogen (secondary N) is 1. The van der Waals surface area contributed by atoms with E-state index < -0.39 is 0 Å². The normalized spacial score (nSPS) is 17.5. The van der Waals surface area contributed by atoms with E-state index in [4.69, 9.17) is 20.8 Å². The standard InChI is InChI=1S/C15H15ClN2O3/c1-9-14(17-8-21-9)15(19)18-12-3-2-6-20-13-7-10(16)4-5-11(12)13/h4-5,7-8,12H,2-3,6H2,1H3,(H,18,19)/t12-/m1/s1. The summed E-state index contributed by atoms with van der Waals surface area (Å²) in [7, 11) is 0. The Morgan fingerprint density at radius 2 is 2.33 bits per heavy atom. The van der Waals surface area contributed by atoms with Crippen molar-refractivity contribution in [1.82, 2.24) is 10.3 Å². The molecule has 0 saturated carbocycles. The summed E-state index contributed by atoms with van der Waals surface area (Å²) in [6.45, 7) is 2.33. The SMILES string of the molecule is Cc1ocnc1C(=O)N[C@@H]1CCCOc2cc(Cl)ccc21. The van der Waals surface area contributed by atoms with E-state index in [1.54, 1.807) is 19.1 Å². The summed E-state index contributed by atoms with van der Waals surface area (Å²) in [5.74, 6) is 0.991. The van der Waals surface area contributed by atoms with Gasteiger partial charge in [0.25, 0.3) is 5.91 Å². The van der Waals surface area contributed by atoms with Crippen molar-refractivity contribution in [1.29, 1.82) is 0 Å². The number of nitrogens with zero attached hydrogens (tertiary/aromatic N) is 1. The lowest BCUT2D eigenvalue weighted by Gasteiger charge is -2.18. The number of aryl methyl sites for hydroxylation is 1. The number of aromatic nitrogens is 1. The molecule has 0 aliphatic carbocycles. The van der Waals surface area contributed by atoms with Crippen LogP contribution in [0.4, 0.5) is 0 Å². The summed E-state index contributed by atoms with van der Waals surface area (Å²) in [5, 5.41) is 3.61. The number of rotatable bonds is 2. The highest BCUT2D eigenvalue weighted by atomic mass is 35.5. The summed E-state index contributed by atoms with van der Waals surface area (Å²) >= 11 is 6.00. The predicted octanol–water partition coefficient (Wildman–Crippen LogP) is 3.28. The highest BCUT2D eigenvalue weighted by Crippen LogP contribution is 2.33. The van der Waals surface area contributed by atoms with Gasteiger partial charge in [-0.1, -0.05) is 17.7 Å². The number of carbonyl (C=O) groups is 1. The number of carbonyl (C=O) groups excluding carboxylic acids is 1. The number of hydrogen-bond donors (Lipinski definition) is 1. The molecular formula is C15H15ClN2O3. The van der Waals surface area contributed by atoms with Crippen LogP contribution >= 0.6 is 11.6 Å². The Kier molecular flexibility index (Phi) is 3.84. The lowest BCUT2D eigenvalue weighted by atomic mass is 10.0. The topological polar surface area (TPSA) is 64.4 Å². The molecule has 1 atom stereocenters. The molecule has 1 aromatic heterocycles. The third kappa shape index (κ3) is 2.88. The number of ether oxygens (including phenoxy) is 1. The smallest absolute Gasteiger partial charge is 0.274 e. The molecule has 21 heavy (non-hydrogen) atoms. The lowest BCUT2D eigenvalue weighted by Crippen LogP contribution is -2.29. The summed E-state index contributed by atoms with van der Waals surface area (Å²) in [6.07, 6.45) is 2.93. The van der Waals surface area contributed by atoms with E-state index in [2.05, 4.69) is 10.3 Å². The van der Waals surface area contributed by atoms with Crippen LogP contribution in [0.2, 0.25) is 5.02 Å². The van der Waals surface area contributed by atoms with E-state index in [0.717, 1.165) is 24.2 Å². The Morgan fingerprint density at radius 1 is 1.48 bits per heavy atom. The Morgan fingerprint density at radius 3 is 3.10 bits per heavy atom. The first-order valence-corrected chi connectivity index (χ1v) is 7.16. The third-order valence-corrected chi connectivity index (χ3v) is 3.75. The van der Waals surface area contributed by atoms with Crippen LogP contribution in [0.5, 0.6) is 5.75 Å². The van der Waals surface area contributed by atoms with E-state index in [9.17, 15) is 4.79 Å². The van der Waals surface area contributed by atoms with Crippen LogP contribution in [-0.2, 0) is 0 Å². The second-order valence-corrected chi connectivity index (χ2v) is 5.39. The molecule has 110 valence electrons. The molecule has 0 fully saturated rings. The fraction of sp³-hybridized carbons (Fsp3) is 0.333. The summed E-state index contributed by atoms with van der Waals surface area (Å²) in [6, 6.07) is 5.35. The van der Waals surface area contributed by atoms with Crippen LogP contribution in [0.3, 0.4) is 0 Å². The molecule has 1 amide bonds. The first-order chi connectivity index (χ1) is 10.1. The van der Waals surface area contributed by atoms with Gasteiger partial charge in [0.15, 0.2) is 12.1 Å². The maximum absolute atomic E-state index is 12.3. The highest BCUT2D eigenvalue weighted by molar-refractivity contribution is 6.30. The van der Waals surface area contributed by atoms with Gasteiger partial charge in [0.05, 0.1) is 12.6 Å². The van der Waals surface area contributed by atoms with Gasteiger partial charge >= 0.3 is 0 Å². The van der Waals surface area contributed by atoms with E-state index in [0.29, 0.717) is 23.1 Å². The average molecular weight is 307 g/mol. The molecule has 2 aromatic rings. The van der Waals surface area contributed by atoms with Gasteiger partial charge in [-0.15, -0.1) is 0 Å². The molecule has 6 heteroatoms. The van der Waals surface area contributed by atoms with E-state index in [1.165, 1.54) is 6.39 Å². The molecule has 1 aliphatic rings. The molecular weight excluding hydrogens is 292 g/mol. The number of benzene rings is 1. The van der Waals surface area contributed by atoms with Crippen molar-refractivity contribution in [2.24, 2.45) is 0 Å². The van der Waals surface area contributed by atoms with Crippen LogP contribution in [-0.4, -0.2) is 17.5 Å². The van der Waals surface area contributed by atoms with Crippen molar-refractivity contribution < 1.29 is 13.9 Å². The third-order valence-electron chi connectivity index (χ3n) is 3.51. The molecule has 1 aromatic carbocycles. The minimum atomic E-state index is -0.242. The zero-order valence-electron chi connectivity index (χ0n) is 11.6. The van der Waals surface area contributed by atoms with Gasteiger partial charge in [0, 0.05) is 10.6 Å². The Bertz CT molecular complexity index is 669. The molecule has 5 nitrogen and oxygen atoms in total. The number of oxazole rings is 1. The number of hydrogen-bond acceptors (Lipinski definition) is 4. The molecule has 2 heterocycles. The Labute approximate surface area is 127 Å². The van der Waals surface area contributed by atoms with Crippen molar-refractivity contribution in [2.45, 2.75) is 25.8 Å². The minimum absolute atomic E-state index is 0.122. The molecule has 0 radical (unpaired) electrons. The highest BCUT2D eigenvalue weighted by Gasteiger charge is 2.24. The number of amides is 1. The molecule has 1 N–H and O–H groups in total. The largest absolute Gasteiger partial charge is 0.493 e. The zero-order valence-corrected chi connectivity index (χ0v) is 12.3. The molecule has 0 spiro atoms. The van der Waals surface area contributed by atoms with Crippen LogP contribution in [0.25, 0.3) is 0 Å². The van der Waals surface area contributed by atoms with Crippen molar-refractivity contribution in [3.63, 3.8) is 0 Å². The second-order valence-electron chi connectivity index (χ2n) is 4.96. The van der Waals surface area contributed by atoms with Gasteiger partial charge in [-0.2, -0.15) is 0 Å². The van der Waals surface area contributed by atoms with Crippen LogP contribution in [0, 0.1) is 6.92 Å². The van der Waals surface area contributed by atoms with Crippen LogP contribution in [0.15, 0.2) is 29.0 Å². The van der Waals surface area contributed by atoms with Gasteiger partial charge in [-0.3, -0.25) is 4.79 Å². The fourth-order valence-electron chi connectivity index (χ4n) is 2.45. The van der Waals surface area contributed by atoms with Crippen molar-refractivity contribution in [2.75, 3.05) is 6.61 Å². The lowest BCUT2D eigenvalue weighted by molar-refractivity contribution is 0.0928. The minimum Gasteiger partial charge on any atom is -0.493 e. The molecule has 3 rings (SSSR count). The second kappa shape index (κ2) is 5.77. The maximum Gasteiger partial charge on any atom is 0.274 e. The summed E-state index contributed by atoms with van der Waals surface area (Å²) < 4.78 is 10.8. The Balaban J connectivity index is 1.86. The fourth-order valence-corrected chi connectivity index (χ4v) is 2.61. The average Bonchev–Trinajstić information content (AvgIpc) is 2.79. The van der Waals surface area contributed by atoms with Gasteiger partial charge < -0.3 is 14.5 Å². The van der Waals surface area contributed by atoms with Crippen molar-refractivity contribution in [3.8, 4) is 5.75 Å². The van der Waals surface area contributed by atoms with Gasteiger partial charge in [0.2, 0.25) is 0 Å². The number of fused-ring (bicyclic) bond motifs is 1. The molecule has 0 bridgehead atoms. The summed E-state index contributed by atoms with van der Waals surface area (Å²) in [4.78, 5) is 16.2. The van der Waals surface area contributed by atoms with Crippen molar-refractivity contribution >= 4 is 17.5 Å². The van der Waals surface area contributed by atoms with Gasteiger partial charge in [-0.05, 0) is 31.9 Å². The molecule has 0 saturated heterocycles. The predicted molar refractivity (Wildman–Crippen MR) is 77.6 cm³/mol. The van der Waals surface area contributed by atoms with E-state index in [1.807, 2.05) is 6.07 Å². The maximum atomic E-state index is 12.3. The first kappa shape index (κ1) is 13.9. The first-order valence-electron chi connectivity index (χ1n) is 6.78. The van der Waals surface area contributed by atoms with E-state index >= 15 is 0 Å². The molecule has 1 aliphatic heterocycles. The van der Waals surface area contributed by atoms with E-state index in [-0.39, 0.29) is 11.9 Å². The van der Waals surface area contributed by atoms with Crippen molar-refractivity contribution in [3.05, 3.63) is 46.6 Å². The Hall–Kier alpha value is -2.01.